The number of esters is 1. The molecule has 0 saturated heterocycles. The number of hydrogen-bond acceptors (Lipinski definition) is 2. The number of carbonyl (C=O) groups excluding carboxylic acids is 1. The summed E-state index contributed by atoms with van der Waals surface area (Å²) in [5.41, 5.74) is -1.50. The largest absolute Gasteiger partial charge is 0.462 e. The molecule has 0 aliphatic heterocycles. The van der Waals surface area contributed by atoms with Gasteiger partial charge in [0, 0.05) is 0 Å². The molecule has 94 valence electrons. The van der Waals surface area contributed by atoms with E-state index in [-0.39, 0.29) is 12.0 Å². The van der Waals surface area contributed by atoms with Gasteiger partial charge in [-0.25, -0.2) is 4.79 Å². The normalized spacial score (nSPS) is 12.4. The van der Waals surface area contributed by atoms with Crippen LogP contribution >= 0.6 is 0 Å². The van der Waals surface area contributed by atoms with Crippen LogP contribution in [0.25, 0.3) is 0 Å². The van der Waals surface area contributed by atoms with Crippen molar-refractivity contribution in [3.8, 4) is 0 Å². The van der Waals surface area contributed by atoms with Gasteiger partial charge in [0.15, 0.2) is 0 Å². The van der Waals surface area contributed by atoms with E-state index in [4.69, 9.17) is 0 Å². The molecular weight excluding hydrogens is 221 g/mol. The summed E-state index contributed by atoms with van der Waals surface area (Å²) in [6.45, 7) is 8.53. The van der Waals surface area contributed by atoms with Crippen molar-refractivity contribution in [3.63, 3.8) is 0 Å². The maximum atomic E-state index is 12.0. The first kappa shape index (κ1) is 15.0. The molecule has 0 bridgehead atoms. The third-order valence-electron chi connectivity index (χ3n) is 2.56. The minimum Gasteiger partial charge on any atom is -0.462 e. The van der Waals surface area contributed by atoms with Crippen LogP contribution in [-0.4, -0.2) is 18.8 Å². The average molecular weight is 238 g/mol. The predicted octanol–water partition coefficient (Wildman–Crippen LogP) is 3.47. The van der Waals surface area contributed by atoms with Gasteiger partial charge in [-0.15, -0.1) is 0 Å². The SMILES string of the molecule is C=C(C(=O)OCCC(C)(C)CC)C(F)(F)F. The summed E-state index contributed by atoms with van der Waals surface area (Å²) in [5.74, 6) is -1.39. The minimum atomic E-state index is -4.71. The van der Waals surface area contributed by atoms with Crippen molar-refractivity contribution in [2.24, 2.45) is 5.41 Å². The van der Waals surface area contributed by atoms with Crippen molar-refractivity contribution in [3.05, 3.63) is 12.2 Å². The van der Waals surface area contributed by atoms with Gasteiger partial charge in [-0.1, -0.05) is 33.8 Å². The summed E-state index contributed by atoms with van der Waals surface area (Å²) in [5, 5.41) is 0. The molecule has 0 aromatic carbocycles. The molecule has 0 fully saturated rings. The summed E-state index contributed by atoms with van der Waals surface area (Å²) >= 11 is 0. The Hall–Kier alpha value is -1.00. The van der Waals surface area contributed by atoms with E-state index in [9.17, 15) is 18.0 Å². The highest BCUT2D eigenvalue weighted by molar-refractivity contribution is 5.89. The van der Waals surface area contributed by atoms with Gasteiger partial charge >= 0.3 is 12.1 Å². The highest BCUT2D eigenvalue weighted by Gasteiger charge is 2.37. The number of rotatable bonds is 5. The topological polar surface area (TPSA) is 26.3 Å². The second-order valence-corrected chi connectivity index (χ2v) is 4.38. The lowest BCUT2D eigenvalue weighted by molar-refractivity contribution is -0.151. The molecule has 0 radical (unpaired) electrons. The van der Waals surface area contributed by atoms with E-state index >= 15 is 0 Å². The number of ether oxygens (including phenoxy) is 1. The first-order valence-electron chi connectivity index (χ1n) is 5.03. The maximum absolute atomic E-state index is 12.0. The van der Waals surface area contributed by atoms with Gasteiger partial charge in [-0.2, -0.15) is 13.2 Å². The molecule has 0 rings (SSSR count). The third-order valence-corrected chi connectivity index (χ3v) is 2.56. The fourth-order valence-corrected chi connectivity index (χ4v) is 0.800. The van der Waals surface area contributed by atoms with Gasteiger partial charge in [-0.05, 0) is 11.8 Å². The molecule has 0 saturated carbocycles. The van der Waals surface area contributed by atoms with E-state index in [0.29, 0.717) is 6.42 Å². The lowest BCUT2D eigenvalue weighted by Gasteiger charge is -2.22. The monoisotopic (exact) mass is 238 g/mol. The molecule has 0 atom stereocenters. The van der Waals surface area contributed by atoms with E-state index in [1.165, 1.54) is 0 Å². The molecule has 5 heteroatoms. The van der Waals surface area contributed by atoms with Crippen LogP contribution < -0.4 is 0 Å². The number of halogens is 3. The Balaban J connectivity index is 4.06. The van der Waals surface area contributed by atoms with Crippen molar-refractivity contribution in [1.29, 1.82) is 0 Å². The Morgan fingerprint density at radius 3 is 2.19 bits per heavy atom. The zero-order valence-corrected chi connectivity index (χ0v) is 9.78. The van der Waals surface area contributed by atoms with Gasteiger partial charge in [0.25, 0.3) is 0 Å². The van der Waals surface area contributed by atoms with Crippen molar-refractivity contribution >= 4 is 5.97 Å². The van der Waals surface area contributed by atoms with Crippen molar-refractivity contribution in [2.75, 3.05) is 6.61 Å². The first-order chi connectivity index (χ1) is 7.10. The third kappa shape index (κ3) is 5.19. The molecule has 0 aliphatic carbocycles. The van der Waals surface area contributed by atoms with E-state index in [2.05, 4.69) is 11.3 Å². The quantitative estimate of drug-likeness (QED) is 0.541. The van der Waals surface area contributed by atoms with Crippen LogP contribution in [0.5, 0.6) is 0 Å². The molecule has 16 heavy (non-hydrogen) atoms. The standard InChI is InChI=1S/C11H17F3O2/c1-5-10(3,4)6-7-16-9(15)8(2)11(12,13)14/h2,5-7H2,1,3-4H3. The molecule has 2 nitrogen and oxygen atoms in total. The highest BCUT2D eigenvalue weighted by Crippen LogP contribution is 2.26. The number of hydrogen-bond donors (Lipinski definition) is 0. The van der Waals surface area contributed by atoms with Gasteiger partial charge in [0.05, 0.1) is 6.61 Å². The molecule has 0 aromatic heterocycles. The lowest BCUT2D eigenvalue weighted by Crippen LogP contribution is -2.23. The minimum absolute atomic E-state index is 0.0191. The maximum Gasteiger partial charge on any atom is 0.422 e. The zero-order chi connectivity index (χ0) is 13.0. The summed E-state index contributed by atoms with van der Waals surface area (Å²) in [6, 6.07) is 0. The molecule has 0 heterocycles. The Bertz CT molecular complexity index is 267. The molecule has 0 aliphatic rings. The van der Waals surface area contributed by atoms with Crippen LogP contribution in [0, 0.1) is 5.41 Å². The molecule has 0 N–H and O–H groups in total. The molecular formula is C11H17F3O2. The van der Waals surface area contributed by atoms with Crippen molar-refractivity contribution in [2.45, 2.75) is 39.8 Å². The van der Waals surface area contributed by atoms with Crippen molar-refractivity contribution < 1.29 is 22.7 Å². The van der Waals surface area contributed by atoms with Crippen LogP contribution in [0.4, 0.5) is 13.2 Å². The average Bonchev–Trinajstić information content (AvgIpc) is 2.14. The van der Waals surface area contributed by atoms with E-state index < -0.39 is 17.7 Å². The zero-order valence-electron chi connectivity index (χ0n) is 9.78. The van der Waals surface area contributed by atoms with Gasteiger partial charge in [0.2, 0.25) is 0 Å². The van der Waals surface area contributed by atoms with Crippen LogP contribution in [0.3, 0.4) is 0 Å². The van der Waals surface area contributed by atoms with Crippen molar-refractivity contribution in [1.82, 2.24) is 0 Å². The fourth-order valence-electron chi connectivity index (χ4n) is 0.800. The molecule has 0 amide bonds. The van der Waals surface area contributed by atoms with Crippen LogP contribution in [-0.2, 0) is 9.53 Å². The Kier molecular flexibility index (Phi) is 5.03. The first-order valence-corrected chi connectivity index (χ1v) is 5.03. The number of carbonyl (C=O) groups is 1. The summed E-state index contributed by atoms with van der Waals surface area (Å²) in [6.07, 6.45) is -3.32. The van der Waals surface area contributed by atoms with Gasteiger partial charge in [-0.3, -0.25) is 0 Å². The Labute approximate surface area is 93.5 Å². The fraction of sp³-hybridized carbons (Fsp3) is 0.727. The van der Waals surface area contributed by atoms with Crippen LogP contribution in [0.1, 0.15) is 33.6 Å². The molecule has 0 unspecified atom stereocenters. The highest BCUT2D eigenvalue weighted by atomic mass is 19.4. The summed E-state index contributed by atoms with van der Waals surface area (Å²) < 4.78 is 40.6. The number of alkyl halides is 3. The van der Waals surface area contributed by atoms with E-state index in [1.807, 2.05) is 20.8 Å². The van der Waals surface area contributed by atoms with E-state index in [0.717, 1.165) is 6.42 Å². The summed E-state index contributed by atoms with van der Waals surface area (Å²) in [4.78, 5) is 10.9. The van der Waals surface area contributed by atoms with Crippen LogP contribution in [0.15, 0.2) is 12.2 Å². The van der Waals surface area contributed by atoms with Gasteiger partial charge in [0.1, 0.15) is 5.57 Å². The van der Waals surface area contributed by atoms with Crippen LogP contribution in [0.2, 0.25) is 0 Å². The smallest absolute Gasteiger partial charge is 0.422 e. The summed E-state index contributed by atoms with van der Waals surface area (Å²) in [7, 11) is 0. The Morgan fingerprint density at radius 2 is 1.81 bits per heavy atom. The van der Waals surface area contributed by atoms with E-state index in [1.54, 1.807) is 0 Å². The second-order valence-electron chi connectivity index (χ2n) is 4.38. The molecule has 0 aromatic rings. The lowest BCUT2D eigenvalue weighted by atomic mass is 9.87. The van der Waals surface area contributed by atoms with Gasteiger partial charge < -0.3 is 4.74 Å². The Morgan fingerprint density at radius 1 is 1.31 bits per heavy atom. The second kappa shape index (κ2) is 5.37. The predicted molar refractivity (Wildman–Crippen MR) is 54.8 cm³/mol. The molecule has 0 spiro atoms.